The van der Waals surface area contributed by atoms with Gasteiger partial charge in [0.15, 0.2) is 0 Å². The molecule has 5 nitrogen and oxygen atoms in total. The zero-order valence-corrected chi connectivity index (χ0v) is 13.2. The lowest BCUT2D eigenvalue weighted by molar-refractivity contribution is 0.413. The molecule has 23 heavy (non-hydrogen) atoms. The zero-order valence-electron chi connectivity index (χ0n) is 13.2. The molecular formula is C18H18N4O. The van der Waals surface area contributed by atoms with E-state index >= 15 is 0 Å². The van der Waals surface area contributed by atoms with Crippen LogP contribution in [0.4, 0.5) is 5.95 Å². The van der Waals surface area contributed by atoms with Crippen LogP contribution in [0.1, 0.15) is 29.7 Å². The van der Waals surface area contributed by atoms with E-state index in [4.69, 9.17) is 20.0 Å². The number of nitrogens with zero attached hydrogens (tertiary/aromatic N) is 4. The molecule has 2 aromatic rings. The van der Waals surface area contributed by atoms with Crippen molar-refractivity contribution in [2.75, 3.05) is 25.1 Å². The van der Waals surface area contributed by atoms with Crippen molar-refractivity contribution in [3.05, 3.63) is 35.0 Å². The molecular weight excluding hydrogens is 288 g/mol. The molecule has 0 spiro atoms. The SMILES string of the molecule is COc1cc(-c2nc(N3CCC3)nc3c2CCC3)ccc1C#N. The van der Waals surface area contributed by atoms with E-state index in [1.165, 1.54) is 17.7 Å². The van der Waals surface area contributed by atoms with Crippen molar-refractivity contribution in [2.45, 2.75) is 25.7 Å². The summed E-state index contributed by atoms with van der Waals surface area (Å²) in [4.78, 5) is 11.8. The number of fused-ring (bicyclic) bond motifs is 1. The number of ether oxygens (including phenoxy) is 1. The van der Waals surface area contributed by atoms with Crippen molar-refractivity contribution in [1.82, 2.24) is 9.97 Å². The molecule has 0 atom stereocenters. The lowest BCUT2D eigenvalue weighted by Crippen LogP contribution is -2.38. The fraction of sp³-hybridized carbons (Fsp3) is 0.389. The minimum atomic E-state index is 0.546. The van der Waals surface area contributed by atoms with Gasteiger partial charge in [0.2, 0.25) is 5.95 Å². The minimum Gasteiger partial charge on any atom is -0.495 e. The Bertz CT molecular complexity index is 805. The van der Waals surface area contributed by atoms with Gasteiger partial charge in [-0.3, -0.25) is 0 Å². The molecule has 4 rings (SSSR count). The number of hydrogen-bond acceptors (Lipinski definition) is 5. The molecule has 0 unspecified atom stereocenters. The summed E-state index contributed by atoms with van der Waals surface area (Å²) in [6.07, 6.45) is 4.39. The van der Waals surface area contributed by atoms with Crippen LogP contribution in [-0.2, 0) is 12.8 Å². The summed E-state index contributed by atoms with van der Waals surface area (Å²) >= 11 is 0. The normalized spacial score (nSPS) is 15.7. The van der Waals surface area contributed by atoms with Crippen LogP contribution in [-0.4, -0.2) is 30.2 Å². The summed E-state index contributed by atoms with van der Waals surface area (Å²) in [5.74, 6) is 1.44. The Morgan fingerprint density at radius 1 is 1.17 bits per heavy atom. The second-order valence-electron chi connectivity index (χ2n) is 6.02. The van der Waals surface area contributed by atoms with Crippen LogP contribution in [0.25, 0.3) is 11.3 Å². The van der Waals surface area contributed by atoms with E-state index < -0.39 is 0 Å². The standard InChI is InChI=1S/C18H18N4O/c1-23-16-10-12(6-7-13(16)11-19)17-14-4-2-5-15(14)20-18(21-17)22-8-3-9-22/h6-7,10H,2-5,8-9H2,1H3. The van der Waals surface area contributed by atoms with Gasteiger partial charge in [-0.05, 0) is 37.8 Å². The first-order valence-corrected chi connectivity index (χ1v) is 8.03. The summed E-state index contributed by atoms with van der Waals surface area (Å²) in [5, 5.41) is 9.16. The lowest BCUT2D eigenvalue weighted by Gasteiger charge is -2.31. The smallest absolute Gasteiger partial charge is 0.226 e. The molecule has 2 aliphatic rings. The molecule has 1 aromatic heterocycles. The van der Waals surface area contributed by atoms with E-state index in [9.17, 15) is 0 Å². The van der Waals surface area contributed by atoms with E-state index in [1.807, 2.05) is 12.1 Å². The van der Waals surface area contributed by atoms with Gasteiger partial charge >= 0.3 is 0 Å². The zero-order chi connectivity index (χ0) is 15.8. The molecule has 5 heteroatoms. The van der Waals surface area contributed by atoms with Crippen molar-refractivity contribution >= 4 is 5.95 Å². The van der Waals surface area contributed by atoms with Crippen molar-refractivity contribution in [3.63, 3.8) is 0 Å². The number of nitriles is 1. The Morgan fingerprint density at radius 3 is 2.74 bits per heavy atom. The highest BCUT2D eigenvalue weighted by molar-refractivity contribution is 5.69. The van der Waals surface area contributed by atoms with Crippen LogP contribution in [0, 0.1) is 11.3 Å². The minimum absolute atomic E-state index is 0.546. The van der Waals surface area contributed by atoms with Crippen LogP contribution in [0.2, 0.25) is 0 Å². The number of benzene rings is 1. The van der Waals surface area contributed by atoms with Gasteiger partial charge in [0.1, 0.15) is 11.8 Å². The van der Waals surface area contributed by atoms with E-state index in [0.29, 0.717) is 11.3 Å². The maximum absolute atomic E-state index is 9.16. The lowest BCUT2D eigenvalue weighted by atomic mass is 10.0. The van der Waals surface area contributed by atoms with Gasteiger partial charge in [-0.25, -0.2) is 9.97 Å². The van der Waals surface area contributed by atoms with Gasteiger partial charge in [-0.1, -0.05) is 6.07 Å². The average molecular weight is 306 g/mol. The number of aromatic nitrogens is 2. The van der Waals surface area contributed by atoms with E-state index in [-0.39, 0.29) is 0 Å². The molecule has 0 N–H and O–H groups in total. The van der Waals surface area contributed by atoms with Crippen LogP contribution in [0.3, 0.4) is 0 Å². The number of methoxy groups -OCH3 is 1. The fourth-order valence-corrected chi connectivity index (χ4v) is 3.25. The monoisotopic (exact) mass is 306 g/mol. The average Bonchev–Trinajstić information content (AvgIpc) is 3.00. The summed E-state index contributed by atoms with van der Waals surface area (Å²) in [7, 11) is 1.59. The second kappa shape index (κ2) is 5.54. The summed E-state index contributed by atoms with van der Waals surface area (Å²) in [6.45, 7) is 2.07. The van der Waals surface area contributed by atoms with Crippen LogP contribution >= 0.6 is 0 Å². The van der Waals surface area contributed by atoms with E-state index in [0.717, 1.165) is 49.6 Å². The van der Waals surface area contributed by atoms with E-state index in [2.05, 4.69) is 11.0 Å². The summed E-state index contributed by atoms with van der Waals surface area (Å²) in [5.41, 5.74) is 4.98. The predicted molar refractivity (Wildman–Crippen MR) is 87.6 cm³/mol. The molecule has 1 fully saturated rings. The molecule has 116 valence electrons. The third-order valence-electron chi connectivity index (χ3n) is 4.66. The quantitative estimate of drug-likeness (QED) is 0.872. The Balaban J connectivity index is 1.85. The molecule has 0 amide bonds. The van der Waals surface area contributed by atoms with Gasteiger partial charge < -0.3 is 9.64 Å². The van der Waals surface area contributed by atoms with E-state index in [1.54, 1.807) is 13.2 Å². The summed E-state index contributed by atoms with van der Waals surface area (Å²) in [6, 6.07) is 7.84. The Hall–Kier alpha value is -2.61. The second-order valence-corrected chi connectivity index (χ2v) is 6.02. The van der Waals surface area contributed by atoms with Crippen LogP contribution in [0.15, 0.2) is 18.2 Å². The van der Waals surface area contributed by atoms with Crippen molar-refractivity contribution in [2.24, 2.45) is 0 Å². The molecule has 0 radical (unpaired) electrons. The van der Waals surface area contributed by atoms with Crippen molar-refractivity contribution in [3.8, 4) is 23.1 Å². The fourth-order valence-electron chi connectivity index (χ4n) is 3.25. The van der Waals surface area contributed by atoms with Gasteiger partial charge in [0.25, 0.3) is 0 Å². The van der Waals surface area contributed by atoms with Gasteiger partial charge in [0, 0.05) is 29.9 Å². The Kier molecular flexibility index (Phi) is 3.38. The highest BCUT2D eigenvalue weighted by atomic mass is 16.5. The third kappa shape index (κ3) is 2.31. The number of aryl methyl sites for hydroxylation is 1. The highest BCUT2D eigenvalue weighted by Crippen LogP contribution is 2.34. The van der Waals surface area contributed by atoms with Gasteiger partial charge in [0.05, 0.1) is 18.4 Å². The topological polar surface area (TPSA) is 62.0 Å². The molecule has 1 saturated heterocycles. The first kappa shape index (κ1) is 14.0. The van der Waals surface area contributed by atoms with Crippen LogP contribution in [0.5, 0.6) is 5.75 Å². The molecule has 0 saturated carbocycles. The molecule has 0 bridgehead atoms. The largest absolute Gasteiger partial charge is 0.495 e. The van der Waals surface area contributed by atoms with Crippen LogP contribution < -0.4 is 9.64 Å². The Labute approximate surface area is 135 Å². The number of anilines is 1. The molecule has 1 aromatic carbocycles. The molecule has 1 aliphatic carbocycles. The Morgan fingerprint density at radius 2 is 2.04 bits per heavy atom. The molecule has 1 aliphatic heterocycles. The van der Waals surface area contributed by atoms with Gasteiger partial charge in [-0.15, -0.1) is 0 Å². The molecule has 2 heterocycles. The predicted octanol–water partition coefficient (Wildman–Crippen LogP) is 2.72. The first-order chi connectivity index (χ1) is 11.3. The van der Waals surface area contributed by atoms with Crippen molar-refractivity contribution < 1.29 is 4.74 Å². The third-order valence-corrected chi connectivity index (χ3v) is 4.66. The number of rotatable bonds is 3. The maximum Gasteiger partial charge on any atom is 0.226 e. The number of hydrogen-bond donors (Lipinski definition) is 0. The maximum atomic E-state index is 9.16. The first-order valence-electron chi connectivity index (χ1n) is 8.03. The van der Waals surface area contributed by atoms with Gasteiger partial charge in [-0.2, -0.15) is 5.26 Å². The highest BCUT2D eigenvalue weighted by Gasteiger charge is 2.25. The summed E-state index contributed by atoms with van der Waals surface area (Å²) < 4.78 is 5.35. The van der Waals surface area contributed by atoms with Crippen molar-refractivity contribution in [1.29, 1.82) is 5.26 Å².